The van der Waals surface area contributed by atoms with Crippen LogP contribution in [0.3, 0.4) is 0 Å². The number of rotatable bonds is 2. The number of hydrogen-bond acceptors (Lipinski definition) is 6. The second-order valence-corrected chi connectivity index (χ2v) is 5.00. The lowest BCUT2D eigenvalue weighted by molar-refractivity contribution is 0.0196. The molecule has 4 atom stereocenters. The van der Waals surface area contributed by atoms with E-state index in [1.807, 2.05) is 0 Å². The van der Waals surface area contributed by atoms with E-state index in [1.54, 1.807) is 6.20 Å². The summed E-state index contributed by atoms with van der Waals surface area (Å²) in [5.74, 6) is 0. The first-order valence-electron chi connectivity index (χ1n) is 5.91. The molecule has 0 bridgehead atoms. The van der Waals surface area contributed by atoms with Gasteiger partial charge in [-0.1, -0.05) is 12.2 Å². The molecule has 1 fully saturated rings. The van der Waals surface area contributed by atoms with Crippen molar-refractivity contribution in [2.45, 2.75) is 24.3 Å². The molecule has 1 aliphatic heterocycles. The van der Waals surface area contributed by atoms with Crippen molar-refractivity contribution in [3.63, 3.8) is 0 Å². The number of aromatic amines is 2. The number of H-pyrrole nitrogens is 2. The molecule has 0 radical (unpaired) electrons. The minimum atomic E-state index is -1.01. The first kappa shape index (κ1) is 15.4. The third-order valence-corrected chi connectivity index (χ3v) is 3.85. The highest BCUT2D eigenvalue weighted by molar-refractivity contribution is 7.71. The van der Waals surface area contributed by atoms with Crippen LogP contribution in [0, 0.1) is 4.64 Å². The second kappa shape index (κ2) is 5.76. The van der Waals surface area contributed by atoms with Gasteiger partial charge in [0.15, 0.2) is 4.64 Å². The van der Waals surface area contributed by atoms with Gasteiger partial charge in [0.1, 0.15) is 6.10 Å². The highest BCUT2D eigenvalue weighted by Gasteiger charge is 2.42. The van der Waals surface area contributed by atoms with E-state index in [9.17, 15) is 10.2 Å². The maximum atomic E-state index is 10.1. The first-order chi connectivity index (χ1) is 9.13. The van der Waals surface area contributed by atoms with Gasteiger partial charge in [0, 0.05) is 11.8 Å². The van der Waals surface area contributed by atoms with Crippen LogP contribution >= 0.6 is 24.6 Å². The lowest BCUT2D eigenvalue weighted by Crippen LogP contribution is -2.35. The van der Waals surface area contributed by atoms with Crippen molar-refractivity contribution < 1.29 is 15.3 Å². The molecule has 20 heavy (non-hydrogen) atoms. The zero-order chi connectivity index (χ0) is 13.6. The van der Waals surface area contributed by atoms with Gasteiger partial charge < -0.3 is 30.6 Å². The number of hydrogen-bond donors (Lipinski definition) is 6. The summed E-state index contributed by atoms with van der Waals surface area (Å²) in [4.78, 5) is 9.96. The Kier molecular flexibility index (Phi) is 4.43. The van der Waals surface area contributed by atoms with Gasteiger partial charge in [-0.05, 0) is 0 Å². The Morgan fingerprint density at radius 1 is 1.20 bits per heavy atom. The maximum absolute atomic E-state index is 10.1. The van der Waals surface area contributed by atoms with Crippen LogP contribution in [0.1, 0.15) is 11.6 Å². The van der Waals surface area contributed by atoms with E-state index in [0.29, 0.717) is 10.2 Å². The second-order valence-electron chi connectivity index (χ2n) is 4.62. The number of fused-ring (bicyclic) bond motifs is 1. The number of nitrogens with zero attached hydrogens (tertiary/aromatic N) is 1. The molecule has 3 heterocycles. The zero-order valence-corrected chi connectivity index (χ0v) is 11.9. The van der Waals surface area contributed by atoms with Gasteiger partial charge in [0.05, 0.1) is 42.2 Å². The van der Waals surface area contributed by atoms with E-state index in [2.05, 4.69) is 20.3 Å². The molecular weight excluding hydrogens is 304 g/mol. The average molecular weight is 319 g/mol. The molecule has 1 saturated heterocycles. The fourth-order valence-electron chi connectivity index (χ4n) is 2.53. The topological polar surface area (TPSA) is 117 Å². The molecular formula is C11H15ClN4O3S. The Balaban J connectivity index is 0.00000147. The average Bonchev–Trinajstić information content (AvgIpc) is 2.94. The van der Waals surface area contributed by atoms with Crippen LogP contribution in [-0.4, -0.2) is 55.1 Å². The molecule has 3 rings (SSSR count). The van der Waals surface area contributed by atoms with E-state index in [0.717, 1.165) is 11.1 Å². The van der Waals surface area contributed by atoms with Gasteiger partial charge in [-0.2, -0.15) is 0 Å². The van der Waals surface area contributed by atoms with Crippen LogP contribution in [0.25, 0.3) is 11.0 Å². The fourth-order valence-corrected chi connectivity index (χ4v) is 2.74. The summed E-state index contributed by atoms with van der Waals surface area (Å²) in [6.07, 6.45) is 1.20. The quantitative estimate of drug-likeness (QED) is 0.426. The van der Waals surface area contributed by atoms with Crippen LogP contribution < -0.4 is 5.32 Å². The molecule has 110 valence electrons. The minimum absolute atomic E-state index is 0. The van der Waals surface area contributed by atoms with E-state index in [-0.39, 0.29) is 19.0 Å². The predicted molar refractivity (Wildman–Crippen MR) is 77.3 cm³/mol. The van der Waals surface area contributed by atoms with Crippen molar-refractivity contribution in [2.75, 3.05) is 6.61 Å². The number of nitrogens with one attached hydrogen (secondary N) is 3. The lowest BCUT2D eigenvalue weighted by atomic mass is 10.0. The molecule has 0 amide bonds. The van der Waals surface area contributed by atoms with Crippen molar-refractivity contribution in [1.29, 1.82) is 0 Å². The number of halogens is 1. The SMILES string of the molecule is Cl.OC[C@H]1N[C@@H](c2c[nH]c3c(=S)nc[nH]c23)C(O)[C@H]1O. The fraction of sp³-hybridized carbons (Fsp3) is 0.455. The molecule has 1 aliphatic rings. The number of aliphatic hydroxyl groups excluding tert-OH is 3. The Hall–Kier alpha value is -1.03. The van der Waals surface area contributed by atoms with E-state index in [1.165, 1.54) is 6.33 Å². The summed E-state index contributed by atoms with van der Waals surface area (Å²) in [5, 5.41) is 32.1. The van der Waals surface area contributed by atoms with E-state index < -0.39 is 24.3 Å². The molecule has 0 saturated carbocycles. The van der Waals surface area contributed by atoms with Crippen molar-refractivity contribution in [3.8, 4) is 0 Å². The Morgan fingerprint density at radius 3 is 2.60 bits per heavy atom. The molecule has 7 nitrogen and oxygen atoms in total. The standard InChI is InChI=1S/C11H14N4O3S.ClH/c16-2-5-9(17)10(18)7(15-5)4-1-12-8-6(4)13-3-14-11(8)19;/h1,3,5,7,9-10,12,15-18H,2H2,(H,13,14,19);1H/t5-,7+,9+,10?;/m1./s1. The lowest BCUT2D eigenvalue weighted by Gasteiger charge is -2.14. The van der Waals surface area contributed by atoms with Crippen LogP contribution in [0.4, 0.5) is 0 Å². The van der Waals surface area contributed by atoms with Crippen LogP contribution in [0.15, 0.2) is 12.5 Å². The van der Waals surface area contributed by atoms with E-state index in [4.69, 9.17) is 17.3 Å². The molecule has 2 aromatic rings. The smallest absolute Gasteiger partial charge is 0.153 e. The summed E-state index contributed by atoms with van der Waals surface area (Å²) in [7, 11) is 0. The highest BCUT2D eigenvalue weighted by atomic mass is 35.5. The first-order valence-corrected chi connectivity index (χ1v) is 6.32. The van der Waals surface area contributed by atoms with E-state index >= 15 is 0 Å². The van der Waals surface area contributed by atoms with Gasteiger partial charge in [-0.3, -0.25) is 0 Å². The molecule has 0 spiro atoms. The third kappa shape index (κ3) is 2.24. The summed E-state index contributed by atoms with van der Waals surface area (Å²) >= 11 is 5.11. The Labute approximate surface area is 125 Å². The number of aliphatic hydroxyl groups is 3. The van der Waals surface area contributed by atoms with Crippen molar-refractivity contribution in [3.05, 3.63) is 22.7 Å². The van der Waals surface area contributed by atoms with Crippen molar-refractivity contribution in [1.82, 2.24) is 20.3 Å². The maximum Gasteiger partial charge on any atom is 0.153 e. The summed E-state index contributed by atoms with van der Waals surface area (Å²) in [6, 6.07) is -1.02. The van der Waals surface area contributed by atoms with Crippen molar-refractivity contribution >= 4 is 35.7 Å². The third-order valence-electron chi connectivity index (χ3n) is 3.54. The Morgan fingerprint density at radius 2 is 1.95 bits per heavy atom. The molecule has 0 aliphatic carbocycles. The van der Waals surface area contributed by atoms with Gasteiger partial charge in [0.25, 0.3) is 0 Å². The zero-order valence-electron chi connectivity index (χ0n) is 10.3. The van der Waals surface area contributed by atoms with Gasteiger partial charge in [-0.15, -0.1) is 12.4 Å². The monoisotopic (exact) mass is 318 g/mol. The summed E-state index contributed by atoms with van der Waals surface area (Å²) in [6.45, 7) is -0.241. The van der Waals surface area contributed by atoms with Gasteiger partial charge in [-0.25, -0.2) is 4.98 Å². The highest BCUT2D eigenvalue weighted by Crippen LogP contribution is 2.31. The Bertz CT molecular complexity index is 660. The van der Waals surface area contributed by atoms with Gasteiger partial charge in [0.2, 0.25) is 0 Å². The molecule has 6 N–H and O–H groups in total. The van der Waals surface area contributed by atoms with Crippen LogP contribution in [-0.2, 0) is 0 Å². The van der Waals surface area contributed by atoms with Gasteiger partial charge >= 0.3 is 0 Å². The van der Waals surface area contributed by atoms with Crippen LogP contribution in [0.2, 0.25) is 0 Å². The van der Waals surface area contributed by atoms with Crippen LogP contribution in [0.5, 0.6) is 0 Å². The predicted octanol–water partition coefficient (Wildman–Crippen LogP) is -0.231. The molecule has 9 heteroatoms. The minimum Gasteiger partial charge on any atom is -0.395 e. The summed E-state index contributed by atoms with van der Waals surface area (Å²) in [5.41, 5.74) is 2.18. The summed E-state index contributed by atoms with van der Waals surface area (Å²) < 4.78 is 0.437. The molecule has 0 aromatic carbocycles. The normalized spacial score (nSPS) is 29.6. The number of aromatic nitrogens is 3. The largest absolute Gasteiger partial charge is 0.395 e. The molecule has 2 aromatic heterocycles. The van der Waals surface area contributed by atoms with Crippen molar-refractivity contribution in [2.24, 2.45) is 0 Å². The molecule has 1 unspecified atom stereocenters.